The SMILES string of the molecule is O=C1N=c2cc3nccnc3cc2=N1. The minimum absolute atomic E-state index is 0.463. The van der Waals surface area contributed by atoms with Gasteiger partial charge in [-0.1, -0.05) is 0 Å². The van der Waals surface area contributed by atoms with E-state index in [1.807, 2.05) is 0 Å². The molecule has 5 heteroatoms. The van der Waals surface area contributed by atoms with E-state index in [1.165, 1.54) is 0 Å². The van der Waals surface area contributed by atoms with Gasteiger partial charge in [0.05, 0.1) is 21.7 Å². The van der Waals surface area contributed by atoms with Crippen LogP contribution in [0, 0.1) is 0 Å². The Kier molecular flexibility index (Phi) is 1.25. The van der Waals surface area contributed by atoms with Crippen molar-refractivity contribution < 1.29 is 4.79 Å². The Labute approximate surface area is 77.9 Å². The number of hydrogen-bond donors (Lipinski definition) is 0. The van der Waals surface area contributed by atoms with Gasteiger partial charge in [-0.25, -0.2) is 4.79 Å². The van der Waals surface area contributed by atoms with Crippen LogP contribution in [0.5, 0.6) is 0 Å². The molecule has 0 bridgehead atoms. The molecule has 3 rings (SSSR count). The lowest BCUT2D eigenvalue weighted by Gasteiger charge is -1.91. The third-order valence-corrected chi connectivity index (χ3v) is 2.00. The maximum Gasteiger partial charge on any atom is 0.368 e. The number of hydrogen-bond acceptors (Lipinski definition) is 3. The molecule has 1 aromatic carbocycles. The highest BCUT2D eigenvalue weighted by atomic mass is 16.2. The average molecular weight is 184 g/mol. The molecule has 0 spiro atoms. The highest BCUT2D eigenvalue weighted by molar-refractivity contribution is 5.80. The zero-order valence-electron chi connectivity index (χ0n) is 7.01. The Bertz CT molecular complexity index is 606. The van der Waals surface area contributed by atoms with Gasteiger partial charge >= 0.3 is 6.03 Å². The fourth-order valence-electron chi connectivity index (χ4n) is 1.40. The molecule has 0 saturated heterocycles. The van der Waals surface area contributed by atoms with Crippen molar-refractivity contribution in [2.45, 2.75) is 0 Å². The lowest BCUT2D eigenvalue weighted by Crippen LogP contribution is -2.21. The van der Waals surface area contributed by atoms with Gasteiger partial charge in [0.1, 0.15) is 0 Å². The minimum atomic E-state index is -0.463. The fraction of sp³-hybridized carbons (Fsp3) is 0. The standard InChI is InChI=1S/C9H4N4O/c14-9-12-7-3-5-6(4-8(7)13-9)11-2-1-10-5/h1-4H. The quantitative estimate of drug-likeness (QED) is 0.578. The second-order valence-electron chi connectivity index (χ2n) is 2.89. The first kappa shape index (κ1) is 7.25. The number of nitrogens with zero attached hydrogens (tertiary/aromatic N) is 4. The van der Waals surface area contributed by atoms with E-state index in [4.69, 9.17) is 0 Å². The molecule has 0 radical (unpaired) electrons. The molecular weight excluding hydrogens is 180 g/mol. The fourth-order valence-corrected chi connectivity index (χ4v) is 1.40. The van der Waals surface area contributed by atoms with Gasteiger partial charge in [-0.15, -0.1) is 0 Å². The van der Waals surface area contributed by atoms with Gasteiger partial charge in [-0.2, -0.15) is 9.98 Å². The van der Waals surface area contributed by atoms with Crippen molar-refractivity contribution in [3.63, 3.8) is 0 Å². The van der Waals surface area contributed by atoms with Crippen LogP contribution < -0.4 is 10.7 Å². The summed E-state index contributed by atoms with van der Waals surface area (Å²) in [6, 6.07) is 2.97. The summed E-state index contributed by atoms with van der Waals surface area (Å²) < 4.78 is 0. The van der Waals surface area contributed by atoms with Gasteiger partial charge in [-0.05, 0) is 12.1 Å². The van der Waals surface area contributed by atoms with Crippen molar-refractivity contribution in [2.24, 2.45) is 9.98 Å². The Morgan fingerprint density at radius 1 is 0.857 bits per heavy atom. The molecule has 66 valence electrons. The van der Waals surface area contributed by atoms with Crippen LogP contribution in [-0.4, -0.2) is 16.0 Å². The lowest BCUT2D eigenvalue weighted by molar-refractivity contribution is 0.256. The van der Waals surface area contributed by atoms with Gasteiger partial charge in [0.2, 0.25) is 0 Å². The Balaban J connectivity index is 2.56. The smallest absolute Gasteiger partial charge is 0.253 e. The highest BCUT2D eigenvalue weighted by Crippen LogP contribution is 2.01. The van der Waals surface area contributed by atoms with E-state index < -0.39 is 6.03 Å². The van der Waals surface area contributed by atoms with Crippen LogP contribution >= 0.6 is 0 Å². The van der Waals surface area contributed by atoms with E-state index in [9.17, 15) is 4.79 Å². The summed E-state index contributed by atoms with van der Waals surface area (Å²) in [4.78, 5) is 26.6. The van der Waals surface area contributed by atoms with Crippen LogP contribution in [0.1, 0.15) is 0 Å². The maximum absolute atomic E-state index is 10.9. The van der Waals surface area contributed by atoms with Gasteiger partial charge in [0.15, 0.2) is 0 Å². The van der Waals surface area contributed by atoms with E-state index >= 15 is 0 Å². The van der Waals surface area contributed by atoms with Crippen LogP contribution in [0.4, 0.5) is 4.79 Å². The molecule has 0 aliphatic carbocycles. The van der Waals surface area contributed by atoms with Gasteiger partial charge < -0.3 is 0 Å². The van der Waals surface area contributed by atoms with E-state index in [-0.39, 0.29) is 0 Å². The third kappa shape index (κ3) is 0.922. The van der Waals surface area contributed by atoms with Crippen LogP contribution in [0.3, 0.4) is 0 Å². The highest BCUT2D eigenvalue weighted by Gasteiger charge is 2.06. The Morgan fingerprint density at radius 2 is 1.36 bits per heavy atom. The van der Waals surface area contributed by atoms with Gasteiger partial charge in [-0.3, -0.25) is 9.97 Å². The number of urea groups is 1. The third-order valence-electron chi connectivity index (χ3n) is 2.00. The summed E-state index contributed by atoms with van der Waals surface area (Å²) in [5, 5.41) is 1.14. The molecule has 0 unspecified atom stereocenters. The molecule has 0 N–H and O–H groups in total. The number of amides is 2. The summed E-state index contributed by atoms with van der Waals surface area (Å²) in [7, 11) is 0. The number of fused-ring (bicyclic) bond motifs is 2. The minimum Gasteiger partial charge on any atom is -0.253 e. The van der Waals surface area contributed by atoms with E-state index in [1.54, 1.807) is 24.5 Å². The summed E-state index contributed by atoms with van der Waals surface area (Å²) in [6.07, 6.45) is 3.20. The van der Waals surface area contributed by atoms with Crippen molar-refractivity contribution in [1.29, 1.82) is 0 Å². The summed E-state index contributed by atoms with van der Waals surface area (Å²) in [5.74, 6) is 0. The zero-order valence-corrected chi connectivity index (χ0v) is 7.01. The molecule has 1 aliphatic heterocycles. The van der Waals surface area contributed by atoms with Crippen molar-refractivity contribution >= 4 is 17.1 Å². The van der Waals surface area contributed by atoms with Crippen LogP contribution in [-0.2, 0) is 0 Å². The van der Waals surface area contributed by atoms with E-state index in [0.29, 0.717) is 10.7 Å². The second kappa shape index (κ2) is 2.41. The van der Waals surface area contributed by atoms with Crippen molar-refractivity contribution in [2.75, 3.05) is 0 Å². The van der Waals surface area contributed by atoms with Crippen LogP contribution in [0.25, 0.3) is 11.0 Å². The molecular formula is C9H4N4O. The average Bonchev–Trinajstić information content (AvgIpc) is 2.53. The van der Waals surface area contributed by atoms with Gasteiger partial charge in [0.25, 0.3) is 0 Å². The molecule has 0 atom stereocenters. The summed E-state index contributed by atoms with van der Waals surface area (Å²) >= 11 is 0. The monoisotopic (exact) mass is 184 g/mol. The first-order chi connectivity index (χ1) is 6.83. The number of rotatable bonds is 0. The maximum atomic E-state index is 10.9. The molecule has 2 aromatic rings. The summed E-state index contributed by atoms with van der Waals surface area (Å²) in [5.41, 5.74) is 1.44. The number of aromatic nitrogens is 2. The Morgan fingerprint density at radius 3 is 1.86 bits per heavy atom. The molecule has 2 heterocycles. The molecule has 1 aliphatic rings. The van der Waals surface area contributed by atoms with Crippen LogP contribution in [0.15, 0.2) is 34.5 Å². The van der Waals surface area contributed by atoms with E-state index in [0.717, 1.165) is 11.0 Å². The molecule has 0 saturated carbocycles. The number of carbonyl (C=O) groups is 1. The van der Waals surface area contributed by atoms with Crippen molar-refractivity contribution in [3.05, 3.63) is 35.2 Å². The topological polar surface area (TPSA) is 67.6 Å². The van der Waals surface area contributed by atoms with Gasteiger partial charge in [0, 0.05) is 12.4 Å². The lowest BCUT2D eigenvalue weighted by atomic mass is 10.3. The van der Waals surface area contributed by atoms with E-state index in [2.05, 4.69) is 20.0 Å². The van der Waals surface area contributed by atoms with Crippen molar-refractivity contribution in [3.8, 4) is 0 Å². The predicted octanol–water partition coefficient (Wildman–Crippen LogP) is 0.00260. The molecule has 5 nitrogen and oxygen atoms in total. The zero-order chi connectivity index (χ0) is 9.54. The first-order valence-corrected chi connectivity index (χ1v) is 4.05. The predicted molar refractivity (Wildman–Crippen MR) is 47.2 cm³/mol. The van der Waals surface area contributed by atoms with Crippen molar-refractivity contribution in [1.82, 2.24) is 9.97 Å². The molecule has 2 amide bonds. The Hall–Kier alpha value is -2.17. The van der Waals surface area contributed by atoms with Crippen LogP contribution in [0.2, 0.25) is 0 Å². The largest absolute Gasteiger partial charge is 0.368 e. The molecule has 1 aromatic heterocycles. The molecule has 0 fully saturated rings. The number of benzene rings is 1. The second-order valence-corrected chi connectivity index (χ2v) is 2.89. The normalized spacial score (nSPS) is 13.6. The molecule has 14 heavy (non-hydrogen) atoms. The number of carbonyl (C=O) groups excluding carboxylic acids is 1. The first-order valence-electron chi connectivity index (χ1n) is 4.05. The summed E-state index contributed by atoms with van der Waals surface area (Å²) in [6.45, 7) is 0.